The van der Waals surface area contributed by atoms with Crippen molar-refractivity contribution in [3.63, 3.8) is 0 Å². The van der Waals surface area contributed by atoms with E-state index >= 15 is 0 Å². The number of carbonyl (C=O) groups excluding carboxylic acids is 1. The van der Waals surface area contributed by atoms with E-state index < -0.39 is 86.8 Å². The molecule has 0 spiro atoms. The highest BCUT2D eigenvalue weighted by Crippen LogP contribution is 2.30. The van der Waals surface area contributed by atoms with E-state index in [1.807, 2.05) is 0 Å². The van der Waals surface area contributed by atoms with E-state index in [9.17, 15) is 45.6 Å². The van der Waals surface area contributed by atoms with Gasteiger partial charge in [0.25, 0.3) is 0 Å². The highest BCUT2D eigenvalue weighted by Gasteiger charge is 2.51. The van der Waals surface area contributed by atoms with Crippen LogP contribution in [-0.4, -0.2) is 140 Å². The maximum Gasteiger partial charge on any atom is 0.220 e. The van der Waals surface area contributed by atoms with Crippen LogP contribution in [0.1, 0.15) is 271 Å². The summed E-state index contributed by atoms with van der Waals surface area (Å²) >= 11 is 0. The van der Waals surface area contributed by atoms with E-state index in [1.54, 1.807) is 0 Å². The van der Waals surface area contributed by atoms with Crippen molar-refractivity contribution >= 4 is 5.91 Å². The number of carbonyl (C=O) groups is 1. The first-order valence-corrected chi connectivity index (χ1v) is 32.9. The minimum absolute atomic E-state index is 0.204. The van der Waals surface area contributed by atoms with Crippen LogP contribution in [-0.2, 0) is 23.7 Å². The number of hydrogen-bond donors (Lipinski definition) is 9. The molecule has 0 aromatic rings. The van der Waals surface area contributed by atoms with Crippen LogP contribution in [0.3, 0.4) is 0 Å². The van der Waals surface area contributed by atoms with E-state index in [0.717, 1.165) is 77.0 Å². The van der Waals surface area contributed by atoms with E-state index in [2.05, 4.69) is 67.8 Å². The lowest BCUT2D eigenvalue weighted by Crippen LogP contribution is -2.65. The van der Waals surface area contributed by atoms with E-state index in [-0.39, 0.29) is 12.5 Å². The van der Waals surface area contributed by atoms with Crippen molar-refractivity contribution in [3.05, 3.63) is 48.6 Å². The molecule has 468 valence electrons. The van der Waals surface area contributed by atoms with Gasteiger partial charge in [-0.1, -0.05) is 262 Å². The number of aliphatic hydroxyl groups is 8. The predicted molar refractivity (Wildman–Crippen MR) is 323 cm³/mol. The number of hydrogen-bond acceptors (Lipinski definition) is 13. The fourth-order valence-corrected chi connectivity index (χ4v) is 10.8. The second kappa shape index (κ2) is 51.4. The van der Waals surface area contributed by atoms with Gasteiger partial charge in [0.15, 0.2) is 12.6 Å². The highest BCUT2D eigenvalue weighted by atomic mass is 16.7. The summed E-state index contributed by atoms with van der Waals surface area (Å²) < 4.78 is 22.9. The molecule has 80 heavy (non-hydrogen) atoms. The number of nitrogens with one attached hydrogen (secondary N) is 1. The molecule has 1 amide bonds. The smallest absolute Gasteiger partial charge is 0.220 e. The molecular weight excluding hydrogens is 1010 g/mol. The summed E-state index contributed by atoms with van der Waals surface area (Å²) in [5, 5.41) is 87.3. The van der Waals surface area contributed by atoms with Crippen LogP contribution < -0.4 is 5.32 Å². The third-order valence-electron chi connectivity index (χ3n) is 16.1. The normalized spacial score (nSPS) is 24.5. The zero-order chi connectivity index (χ0) is 58.1. The average Bonchev–Trinajstić information content (AvgIpc) is 3.49. The Morgan fingerprint density at radius 2 is 0.863 bits per heavy atom. The van der Waals surface area contributed by atoms with Crippen LogP contribution in [0.5, 0.6) is 0 Å². The second-order valence-electron chi connectivity index (χ2n) is 23.2. The topological polar surface area (TPSA) is 228 Å². The third kappa shape index (κ3) is 35.9. The van der Waals surface area contributed by atoms with Gasteiger partial charge in [-0.25, -0.2) is 0 Å². The van der Waals surface area contributed by atoms with Crippen molar-refractivity contribution in [3.8, 4) is 0 Å². The summed E-state index contributed by atoms with van der Waals surface area (Å²) in [6, 6.07) is -0.827. The minimum Gasteiger partial charge on any atom is -0.394 e. The van der Waals surface area contributed by atoms with Gasteiger partial charge >= 0.3 is 0 Å². The Hall–Kier alpha value is -2.05. The number of ether oxygens (including phenoxy) is 4. The van der Waals surface area contributed by atoms with Gasteiger partial charge in [0.1, 0.15) is 48.8 Å². The molecule has 0 radical (unpaired) electrons. The molecule has 2 aliphatic heterocycles. The van der Waals surface area contributed by atoms with E-state index in [1.165, 1.54) is 167 Å². The number of allylic oxidation sites excluding steroid dienone is 8. The lowest BCUT2D eigenvalue weighted by molar-refractivity contribution is -0.359. The lowest BCUT2D eigenvalue weighted by atomic mass is 9.97. The van der Waals surface area contributed by atoms with Crippen molar-refractivity contribution in [2.45, 2.75) is 344 Å². The quantitative estimate of drug-likeness (QED) is 0.0204. The first-order valence-electron chi connectivity index (χ1n) is 32.9. The van der Waals surface area contributed by atoms with Crippen LogP contribution in [0.2, 0.25) is 0 Å². The third-order valence-corrected chi connectivity index (χ3v) is 16.1. The molecule has 12 unspecified atom stereocenters. The van der Waals surface area contributed by atoms with Crippen LogP contribution in [0, 0.1) is 0 Å². The fourth-order valence-electron chi connectivity index (χ4n) is 10.8. The predicted octanol–water partition coefficient (Wildman–Crippen LogP) is 12.3. The van der Waals surface area contributed by atoms with E-state index in [4.69, 9.17) is 18.9 Å². The molecule has 2 aliphatic rings. The summed E-state index contributed by atoms with van der Waals surface area (Å²) in [7, 11) is 0. The van der Waals surface area contributed by atoms with Crippen molar-refractivity contribution in [2.75, 3.05) is 19.8 Å². The summed E-state index contributed by atoms with van der Waals surface area (Å²) in [5.74, 6) is -0.204. The number of aliphatic hydroxyl groups excluding tert-OH is 8. The summed E-state index contributed by atoms with van der Waals surface area (Å²) in [6.45, 7) is 2.76. The van der Waals surface area contributed by atoms with Crippen LogP contribution >= 0.6 is 0 Å². The largest absolute Gasteiger partial charge is 0.394 e. The fraction of sp³-hybridized carbons (Fsp3) is 0.864. The van der Waals surface area contributed by atoms with Crippen LogP contribution in [0.15, 0.2) is 48.6 Å². The standard InChI is InChI=1S/C66H121NO13/c1-3-5-7-9-11-13-15-17-18-19-20-21-22-23-24-25-26-27-28-29-30-31-32-33-34-35-36-38-40-42-44-46-48-50-58(71)67-54(55(70)49-47-45-43-41-39-37-16-14-12-10-8-6-4-2)53-77-65-63(76)61(74)64(57(52-69)79-65)80-66-62(75)60(73)59(72)56(51-68)78-66/h5,7,11,13,17-18,20-21,54-57,59-66,68-70,72-76H,3-4,6,8-10,12,14-16,19,22-53H2,1-2H3,(H,67,71)/b7-5-,13-11-,18-17-,21-20-. The van der Waals surface area contributed by atoms with Gasteiger partial charge in [-0.3, -0.25) is 4.79 Å². The number of amides is 1. The maximum absolute atomic E-state index is 13.3. The molecular formula is C66H121NO13. The molecule has 2 fully saturated rings. The van der Waals surface area contributed by atoms with Crippen molar-refractivity contribution in [1.82, 2.24) is 5.32 Å². The SMILES string of the molecule is CC/C=C\C/C=C\C/C=C\C/C=C\CCCCCCCCCCCCCCCCCCCCCCC(=O)NC(COC1OC(CO)C(OC2OC(CO)C(O)C(O)C2O)C(O)C1O)C(O)CCCCCCCCCCCCCCC. The molecule has 0 bridgehead atoms. The summed E-state index contributed by atoms with van der Waals surface area (Å²) in [6.07, 6.45) is 48.5. The van der Waals surface area contributed by atoms with Gasteiger partial charge in [-0.15, -0.1) is 0 Å². The Labute approximate surface area is 486 Å². The average molecular weight is 1140 g/mol. The monoisotopic (exact) mass is 1140 g/mol. The van der Waals surface area contributed by atoms with Crippen LogP contribution in [0.25, 0.3) is 0 Å². The molecule has 2 saturated heterocycles. The number of unbranched alkanes of at least 4 members (excludes halogenated alkanes) is 32. The van der Waals surface area contributed by atoms with Gasteiger partial charge in [-0.2, -0.15) is 0 Å². The molecule has 0 saturated carbocycles. The Morgan fingerprint density at radius 3 is 1.32 bits per heavy atom. The van der Waals surface area contributed by atoms with E-state index in [0.29, 0.717) is 12.8 Å². The molecule has 2 rings (SSSR count). The molecule has 2 heterocycles. The van der Waals surface area contributed by atoms with Crippen molar-refractivity contribution in [1.29, 1.82) is 0 Å². The lowest BCUT2D eigenvalue weighted by Gasteiger charge is -2.46. The van der Waals surface area contributed by atoms with Gasteiger partial charge < -0.3 is 65.1 Å². The van der Waals surface area contributed by atoms with Gasteiger partial charge in [-0.05, 0) is 51.4 Å². The van der Waals surface area contributed by atoms with Crippen molar-refractivity contribution in [2.24, 2.45) is 0 Å². The van der Waals surface area contributed by atoms with Gasteiger partial charge in [0, 0.05) is 6.42 Å². The highest BCUT2D eigenvalue weighted by molar-refractivity contribution is 5.76. The Bertz CT molecular complexity index is 1530. The van der Waals surface area contributed by atoms with Crippen LogP contribution in [0.4, 0.5) is 0 Å². The second-order valence-corrected chi connectivity index (χ2v) is 23.2. The maximum atomic E-state index is 13.3. The molecule has 14 heteroatoms. The molecule has 14 nitrogen and oxygen atoms in total. The Balaban J connectivity index is 1.61. The first kappa shape index (κ1) is 74.1. The molecule has 9 N–H and O–H groups in total. The minimum atomic E-state index is -1.78. The molecule has 12 atom stereocenters. The zero-order valence-electron chi connectivity index (χ0n) is 50.6. The summed E-state index contributed by atoms with van der Waals surface area (Å²) in [5.41, 5.74) is 0. The number of rotatable bonds is 53. The molecule has 0 aromatic heterocycles. The molecule has 0 aromatic carbocycles. The summed E-state index contributed by atoms with van der Waals surface area (Å²) in [4.78, 5) is 13.3. The molecule has 0 aliphatic carbocycles. The van der Waals surface area contributed by atoms with Crippen molar-refractivity contribution < 1.29 is 64.6 Å². The van der Waals surface area contributed by atoms with Gasteiger partial charge in [0.05, 0.1) is 32.0 Å². The Kier molecular flexibility index (Phi) is 47.6. The first-order chi connectivity index (χ1) is 39.1. The Morgan fingerprint density at radius 1 is 0.463 bits per heavy atom. The zero-order valence-corrected chi connectivity index (χ0v) is 50.6. The van der Waals surface area contributed by atoms with Gasteiger partial charge in [0.2, 0.25) is 5.91 Å².